The quantitative estimate of drug-likeness (QED) is 0.854. The number of amides is 1. The maximum atomic E-state index is 12.9. The molecular formula is C22H28N3O2+. The number of quaternary nitrogens is 1. The maximum Gasteiger partial charge on any atom is 0.274 e. The number of hydrogen-bond donors (Lipinski definition) is 2. The molecule has 2 bridgehead atoms. The smallest absolute Gasteiger partial charge is 0.274 e. The summed E-state index contributed by atoms with van der Waals surface area (Å²) in [6.45, 7) is 9.31. The van der Waals surface area contributed by atoms with Crippen molar-refractivity contribution in [3.05, 3.63) is 63.6 Å². The fraction of sp³-hybridized carbons (Fsp3) is 0.455. The zero-order valence-electron chi connectivity index (χ0n) is 16.3. The molecule has 0 spiro atoms. The Hall–Kier alpha value is -2.40. The summed E-state index contributed by atoms with van der Waals surface area (Å²) in [6.07, 6.45) is 1.17. The van der Waals surface area contributed by atoms with E-state index in [9.17, 15) is 9.59 Å². The number of fused-ring (bicyclic) bond motifs is 4. The Balaban J connectivity index is 1.57. The lowest BCUT2D eigenvalue weighted by molar-refractivity contribution is -0.673. The highest BCUT2D eigenvalue weighted by atomic mass is 16.2. The summed E-state index contributed by atoms with van der Waals surface area (Å²) < 4.78 is 1.88. The van der Waals surface area contributed by atoms with Crippen LogP contribution in [0.5, 0.6) is 0 Å². The minimum atomic E-state index is -0.238. The van der Waals surface area contributed by atoms with Crippen LogP contribution in [-0.2, 0) is 12.0 Å². The molecule has 0 saturated carbocycles. The van der Waals surface area contributed by atoms with Crippen molar-refractivity contribution < 1.29 is 10.1 Å². The van der Waals surface area contributed by atoms with E-state index in [4.69, 9.17) is 0 Å². The number of piperidine rings is 1. The average Bonchev–Trinajstić information content (AvgIpc) is 2.64. The van der Waals surface area contributed by atoms with Crippen LogP contribution in [0.1, 0.15) is 54.7 Å². The molecule has 0 aliphatic carbocycles. The molecule has 1 aromatic heterocycles. The zero-order chi connectivity index (χ0) is 19.2. The summed E-state index contributed by atoms with van der Waals surface area (Å²) in [5, 5.41) is 5.17. The minimum Gasteiger partial charge on any atom is -0.345 e. The predicted octanol–water partition coefficient (Wildman–Crippen LogP) is 2.08. The minimum absolute atomic E-state index is 0.0435. The van der Waals surface area contributed by atoms with Crippen molar-refractivity contribution in [1.29, 1.82) is 0 Å². The number of carbonyl (C=O) groups is 1. The van der Waals surface area contributed by atoms with E-state index >= 15 is 0 Å². The zero-order valence-corrected chi connectivity index (χ0v) is 16.3. The summed E-state index contributed by atoms with van der Waals surface area (Å²) in [5.74, 6) is 0.752. The first-order valence-corrected chi connectivity index (χ1v) is 9.80. The predicted molar refractivity (Wildman–Crippen MR) is 106 cm³/mol. The first kappa shape index (κ1) is 18.0. The number of benzene rings is 1. The molecule has 5 heteroatoms. The molecule has 1 amide bonds. The normalized spacial score (nSPS) is 21.4. The number of rotatable bonds is 2. The van der Waals surface area contributed by atoms with Gasteiger partial charge in [0.05, 0.1) is 13.1 Å². The molecule has 5 nitrogen and oxygen atoms in total. The Bertz CT molecular complexity index is 922. The molecule has 3 N–H and O–H groups in total. The Kier molecular flexibility index (Phi) is 4.42. The van der Waals surface area contributed by atoms with E-state index < -0.39 is 0 Å². The number of aromatic nitrogens is 1. The second-order valence-corrected chi connectivity index (χ2v) is 8.93. The van der Waals surface area contributed by atoms with Gasteiger partial charge in [0.2, 0.25) is 0 Å². The van der Waals surface area contributed by atoms with E-state index in [1.807, 2.05) is 34.9 Å². The number of carbonyl (C=O) groups excluding carboxylic acids is 1. The van der Waals surface area contributed by atoms with E-state index in [2.05, 4.69) is 31.4 Å². The van der Waals surface area contributed by atoms with Gasteiger partial charge in [-0.3, -0.25) is 9.59 Å². The highest BCUT2D eigenvalue weighted by molar-refractivity contribution is 6.04. The third-order valence-corrected chi connectivity index (χ3v) is 5.90. The van der Waals surface area contributed by atoms with E-state index in [0.717, 1.165) is 25.3 Å². The molecule has 0 radical (unpaired) electrons. The first-order chi connectivity index (χ1) is 12.8. The van der Waals surface area contributed by atoms with Crippen molar-refractivity contribution in [1.82, 2.24) is 4.57 Å². The topological polar surface area (TPSA) is 67.7 Å². The molecule has 2 aliphatic rings. The van der Waals surface area contributed by atoms with Crippen molar-refractivity contribution in [2.24, 2.45) is 5.92 Å². The van der Waals surface area contributed by atoms with Crippen LogP contribution in [0.4, 0.5) is 5.69 Å². The summed E-state index contributed by atoms with van der Waals surface area (Å²) >= 11 is 0. The van der Waals surface area contributed by atoms with Crippen molar-refractivity contribution in [2.75, 3.05) is 18.4 Å². The van der Waals surface area contributed by atoms with Gasteiger partial charge in [0, 0.05) is 29.6 Å². The van der Waals surface area contributed by atoms with Gasteiger partial charge >= 0.3 is 0 Å². The van der Waals surface area contributed by atoms with Crippen LogP contribution in [0.25, 0.3) is 0 Å². The van der Waals surface area contributed by atoms with E-state index in [0.29, 0.717) is 23.1 Å². The number of nitrogens with zero attached hydrogens (tertiary/aromatic N) is 1. The molecule has 2 atom stereocenters. The third kappa shape index (κ3) is 3.44. The summed E-state index contributed by atoms with van der Waals surface area (Å²) in [5.41, 5.74) is 3.19. The van der Waals surface area contributed by atoms with Gasteiger partial charge in [0.1, 0.15) is 5.69 Å². The number of hydrogen-bond acceptors (Lipinski definition) is 2. The second kappa shape index (κ2) is 6.64. The van der Waals surface area contributed by atoms with Gasteiger partial charge in [0.15, 0.2) is 0 Å². The summed E-state index contributed by atoms with van der Waals surface area (Å²) in [4.78, 5) is 25.6. The van der Waals surface area contributed by atoms with Gasteiger partial charge in [0.25, 0.3) is 11.5 Å². The van der Waals surface area contributed by atoms with E-state index in [1.165, 1.54) is 12.0 Å². The molecule has 27 heavy (non-hydrogen) atoms. The Labute approximate surface area is 159 Å². The van der Waals surface area contributed by atoms with Crippen LogP contribution in [0.3, 0.4) is 0 Å². The van der Waals surface area contributed by atoms with Crippen molar-refractivity contribution >= 4 is 11.6 Å². The maximum absolute atomic E-state index is 12.9. The molecular weight excluding hydrogens is 338 g/mol. The lowest BCUT2D eigenvalue weighted by atomic mass is 9.84. The molecule has 1 saturated heterocycles. The molecule has 1 fully saturated rings. The molecule has 2 aliphatic heterocycles. The van der Waals surface area contributed by atoms with Gasteiger partial charge in [-0.05, 0) is 41.7 Å². The van der Waals surface area contributed by atoms with Crippen molar-refractivity contribution in [3.63, 3.8) is 0 Å². The number of anilines is 1. The summed E-state index contributed by atoms with van der Waals surface area (Å²) in [7, 11) is 0. The standard InChI is InChI=1S/C22H27N3O2/c1-22(2,3)17-6-4-15(5-7-17)20(26)24-18-8-9-19-16-10-14(11-23-12-16)13-25(19)21(18)27/h4-9,14,16,23H,10-13H2,1-3H3,(H,24,26)/p+1/t14-,16+/m0/s1. The van der Waals surface area contributed by atoms with Crippen LogP contribution in [0.15, 0.2) is 41.2 Å². The fourth-order valence-corrected chi connectivity index (χ4v) is 4.33. The molecule has 4 rings (SSSR count). The van der Waals surface area contributed by atoms with E-state index in [1.54, 1.807) is 6.07 Å². The lowest BCUT2D eigenvalue weighted by Crippen LogP contribution is -2.89. The average molecular weight is 366 g/mol. The lowest BCUT2D eigenvalue weighted by Gasteiger charge is -2.35. The van der Waals surface area contributed by atoms with Gasteiger partial charge < -0.3 is 15.2 Å². The number of pyridine rings is 1. The largest absolute Gasteiger partial charge is 0.345 e. The summed E-state index contributed by atoms with van der Waals surface area (Å²) in [6, 6.07) is 11.4. The van der Waals surface area contributed by atoms with Crippen LogP contribution < -0.4 is 16.2 Å². The Morgan fingerprint density at radius 1 is 1.11 bits per heavy atom. The molecule has 0 unspecified atom stereocenters. The van der Waals surface area contributed by atoms with Gasteiger partial charge in [-0.25, -0.2) is 0 Å². The van der Waals surface area contributed by atoms with Crippen LogP contribution in [0.2, 0.25) is 0 Å². The molecule has 142 valence electrons. The fourth-order valence-electron chi connectivity index (χ4n) is 4.33. The van der Waals surface area contributed by atoms with Crippen LogP contribution in [-0.4, -0.2) is 23.6 Å². The van der Waals surface area contributed by atoms with Gasteiger partial charge in [-0.1, -0.05) is 32.9 Å². The number of nitrogens with one attached hydrogen (secondary N) is 1. The van der Waals surface area contributed by atoms with Crippen molar-refractivity contribution in [2.45, 2.75) is 45.1 Å². The Morgan fingerprint density at radius 2 is 1.85 bits per heavy atom. The second-order valence-electron chi connectivity index (χ2n) is 8.93. The molecule has 3 heterocycles. The number of nitrogens with two attached hydrogens (primary N) is 1. The molecule has 2 aromatic rings. The SMILES string of the molecule is CC(C)(C)c1ccc(C(=O)Nc2ccc3n(c2=O)C[C@@H]2C[NH2+]C[C@H]3C2)cc1. The first-order valence-electron chi connectivity index (χ1n) is 9.80. The Morgan fingerprint density at radius 3 is 2.56 bits per heavy atom. The van der Waals surface area contributed by atoms with Crippen molar-refractivity contribution in [3.8, 4) is 0 Å². The highest BCUT2D eigenvalue weighted by Crippen LogP contribution is 2.30. The van der Waals surface area contributed by atoms with Crippen LogP contribution in [0, 0.1) is 5.92 Å². The van der Waals surface area contributed by atoms with Gasteiger partial charge in [-0.15, -0.1) is 0 Å². The highest BCUT2D eigenvalue weighted by Gasteiger charge is 2.33. The van der Waals surface area contributed by atoms with Gasteiger partial charge in [-0.2, -0.15) is 0 Å². The molecule has 1 aromatic carbocycles. The van der Waals surface area contributed by atoms with Crippen LogP contribution >= 0.6 is 0 Å². The van der Waals surface area contributed by atoms with E-state index in [-0.39, 0.29) is 16.9 Å². The third-order valence-electron chi connectivity index (χ3n) is 5.90. The monoisotopic (exact) mass is 366 g/mol.